The van der Waals surface area contributed by atoms with Crippen LogP contribution in [0.5, 0.6) is 0 Å². The van der Waals surface area contributed by atoms with Crippen LogP contribution in [0.1, 0.15) is 29.0 Å². The summed E-state index contributed by atoms with van der Waals surface area (Å²) in [5.74, 6) is 4.30. The molecular weight excluding hydrogens is 254 g/mol. The van der Waals surface area contributed by atoms with Crippen LogP contribution in [0, 0.1) is 11.6 Å². The van der Waals surface area contributed by atoms with Gasteiger partial charge in [-0.2, -0.15) is 0 Å². The van der Waals surface area contributed by atoms with Crippen molar-refractivity contribution < 1.29 is 8.78 Å². The molecule has 0 saturated heterocycles. The second-order valence-electron chi connectivity index (χ2n) is 3.90. The highest BCUT2D eigenvalue weighted by Crippen LogP contribution is 2.32. The molecule has 2 aromatic rings. The first kappa shape index (κ1) is 13.1. The van der Waals surface area contributed by atoms with E-state index in [2.05, 4.69) is 5.43 Å². The first-order chi connectivity index (χ1) is 8.69. The molecule has 2 nitrogen and oxygen atoms in total. The van der Waals surface area contributed by atoms with E-state index in [-0.39, 0.29) is 5.56 Å². The van der Waals surface area contributed by atoms with Crippen LogP contribution in [0.15, 0.2) is 29.6 Å². The fraction of sp³-hybridized carbons (Fsp3) is 0.231. The quantitative estimate of drug-likeness (QED) is 0.660. The molecule has 2 rings (SSSR count). The monoisotopic (exact) mass is 268 g/mol. The van der Waals surface area contributed by atoms with Crippen molar-refractivity contribution in [3.05, 3.63) is 57.3 Å². The van der Waals surface area contributed by atoms with Crippen molar-refractivity contribution in [3.8, 4) is 0 Å². The highest BCUT2D eigenvalue weighted by Gasteiger charge is 2.23. The maximum atomic E-state index is 13.8. The SMILES string of the molecule is CCc1ccsc1C(NN)c1c(F)cccc1F. The summed E-state index contributed by atoms with van der Waals surface area (Å²) in [7, 11) is 0. The Morgan fingerprint density at radius 2 is 1.94 bits per heavy atom. The maximum absolute atomic E-state index is 13.8. The van der Waals surface area contributed by atoms with Gasteiger partial charge >= 0.3 is 0 Å². The number of benzene rings is 1. The molecule has 0 amide bonds. The number of thiophene rings is 1. The minimum Gasteiger partial charge on any atom is -0.271 e. The van der Waals surface area contributed by atoms with Crippen LogP contribution in [0.4, 0.5) is 8.78 Å². The van der Waals surface area contributed by atoms with Crippen molar-refractivity contribution >= 4 is 11.3 Å². The molecule has 0 spiro atoms. The molecule has 96 valence electrons. The van der Waals surface area contributed by atoms with Gasteiger partial charge in [0.15, 0.2) is 0 Å². The summed E-state index contributed by atoms with van der Waals surface area (Å²) in [5.41, 5.74) is 3.52. The van der Waals surface area contributed by atoms with Crippen LogP contribution in [-0.4, -0.2) is 0 Å². The Bertz CT molecular complexity index is 519. The van der Waals surface area contributed by atoms with Gasteiger partial charge in [-0.3, -0.25) is 5.84 Å². The van der Waals surface area contributed by atoms with E-state index in [0.717, 1.165) is 16.9 Å². The van der Waals surface area contributed by atoms with E-state index < -0.39 is 17.7 Å². The van der Waals surface area contributed by atoms with E-state index in [1.54, 1.807) is 0 Å². The Morgan fingerprint density at radius 3 is 2.50 bits per heavy atom. The molecule has 5 heteroatoms. The second kappa shape index (κ2) is 5.56. The molecule has 1 aromatic carbocycles. The number of hydrogen-bond acceptors (Lipinski definition) is 3. The van der Waals surface area contributed by atoms with Crippen molar-refractivity contribution in [1.29, 1.82) is 0 Å². The maximum Gasteiger partial charge on any atom is 0.131 e. The van der Waals surface area contributed by atoms with Gasteiger partial charge in [-0.25, -0.2) is 14.2 Å². The van der Waals surface area contributed by atoms with Crippen LogP contribution >= 0.6 is 11.3 Å². The third kappa shape index (κ3) is 2.29. The summed E-state index contributed by atoms with van der Waals surface area (Å²) >= 11 is 1.44. The number of hydrazine groups is 1. The Labute approximate surface area is 108 Å². The predicted octanol–water partition coefficient (Wildman–Crippen LogP) is 3.14. The smallest absolute Gasteiger partial charge is 0.131 e. The summed E-state index contributed by atoms with van der Waals surface area (Å²) < 4.78 is 27.6. The zero-order valence-corrected chi connectivity index (χ0v) is 10.7. The molecule has 0 saturated carbocycles. The largest absolute Gasteiger partial charge is 0.271 e. The summed E-state index contributed by atoms with van der Waals surface area (Å²) in [6.07, 6.45) is 0.799. The second-order valence-corrected chi connectivity index (χ2v) is 4.85. The number of nitrogens with one attached hydrogen (secondary N) is 1. The molecule has 0 fully saturated rings. The fourth-order valence-corrected chi connectivity index (χ4v) is 3.03. The number of halogens is 2. The van der Waals surface area contributed by atoms with Crippen molar-refractivity contribution in [2.45, 2.75) is 19.4 Å². The molecule has 0 radical (unpaired) electrons. The average molecular weight is 268 g/mol. The topological polar surface area (TPSA) is 38.0 Å². The van der Waals surface area contributed by atoms with Gasteiger partial charge in [0.1, 0.15) is 11.6 Å². The van der Waals surface area contributed by atoms with Crippen LogP contribution in [0.3, 0.4) is 0 Å². The van der Waals surface area contributed by atoms with Gasteiger partial charge in [0.2, 0.25) is 0 Å². The minimum absolute atomic E-state index is 0.0304. The van der Waals surface area contributed by atoms with Gasteiger partial charge in [-0.1, -0.05) is 13.0 Å². The van der Waals surface area contributed by atoms with Crippen molar-refractivity contribution in [2.75, 3.05) is 0 Å². The zero-order valence-electron chi connectivity index (χ0n) is 9.91. The number of nitrogens with two attached hydrogens (primary N) is 1. The van der Waals surface area contributed by atoms with Crippen LogP contribution in [0.2, 0.25) is 0 Å². The molecule has 1 aromatic heterocycles. The highest BCUT2D eigenvalue weighted by molar-refractivity contribution is 7.10. The zero-order chi connectivity index (χ0) is 13.1. The van der Waals surface area contributed by atoms with E-state index >= 15 is 0 Å². The van der Waals surface area contributed by atoms with Gasteiger partial charge in [0.25, 0.3) is 0 Å². The van der Waals surface area contributed by atoms with Gasteiger partial charge in [0, 0.05) is 10.4 Å². The number of hydrogen-bond donors (Lipinski definition) is 2. The Kier molecular flexibility index (Phi) is 4.06. The highest BCUT2D eigenvalue weighted by atomic mass is 32.1. The van der Waals surface area contributed by atoms with E-state index in [1.807, 2.05) is 18.4 Å². The fourth-order valence-electron chi connectivity index (χ4n) is 1.97. The molecule has 0 aliphatic carbocycles. The van der Waals surface area contributed by atoms with E-state index in [1.165, 1.54) is 29.5 Å². The van der Waals surface area contributed by atoms with E-state index in [9.17, 15) is 8.78 Å². The van der Waals surface area contributed by atoms with Gasteiger partial charge in [-0.15, -0.1) is 11.3 Å². The number of aryl methyl sites for hydroxylation is 1. The lowest BCUT2D eigenvalue weighted by atomic mass is 10.0. The van der Waals surface area contributed by atoms with Crippen molar-refractivity contribution in [2.24, 2.45) is 5.84 Å². The Balaban J connectivity index is 2.52. The normalized spacial score (nSPS) is 12.7. The molecule has 1 heterocycles. The van der Waals surface area contributed by atoms with Gasteiger partial charge < -0.3 is 0 Å². The van der Waals surface area contributed by atoms with E-state index in [0.29, 0.717) is 0 Å². The van der Waals surface area contributed by atoms with E-state index in [4.69, 9.17) is 5.84 Å². The van der Waals surface area contributed by atoms with Gasteiger partial charge in [-0.05, 0) is 35.6 Å². The molecule has 0 aliphatic heterocycles. The lowest BCUT2D eigenvalue weighted by Crippen LogP contribution is -2.30. The third-order valence-corrected chi connectivity index (χ3v) is 3.90. The van der Waals surface area contributed by atoms with Crippen molar-refractivity contribution in [3.63, 3.8) is 0 Å². The number of rotatable bonds is 4. The summed E-state index contributed by atoms with van der Waals surface area (Å²) in [5, 5.41) is 1.90. The lowest BCUT2D eigenvalue weighted by molar-refractivity contribution is 0.512. The van der Waals surface area contributed by atoms with Gasteiger partial charge in [0.05, 0.1) is 6.04 Å². The average Bonchev–Trinajstić information content (AvgIpc) is 2.82. The summed E-state index contributed by atoms with van der Waals surface area (Å²) in [4.78, 5) is 0.851. The predicted molar refractivity (Wildman–Crippen MR) is 69.2 cm³/mol. The molecule has 1 unspecified atom stereocenters. The van der Waals surface area contributed by atoms with Crippen molar-refractivity contribution in [1.82, 2.24) is 5.43 Å². The van der Waals surface area contributed by atoms with Crippen LogP contribution < -0.4 is 11.3 Å². The Morgan fingerprint density at radius 1 is 1.28 bits per heavy atom. The van der Waals surface area contributed by atoms with Crippen LogP contribution in [0.25, 0.3) is 0 Å². The third-order valence-electron chi connectivity index (χ3n) is 2.88. The minimum atomic E-state index is -0.652. The molecule has 0 bridgehead atoms. The molecule has 18 heavy (non-hydrogen) atoms. The Hall–Kier alpha value is -1.30. The standard InChI is InChI=1S/C13H14F2N2S/c1-2-8-6-7-18-13(8)12(17-16)11-9(14)4-3-5-10(11)15/h3-7,12,17H,2,16H2,1H3. The van der Waals surface area contributed by atoms with Crippen LogP contribution in [-0.2, 0) is 6.42 Å². The summed E-state index contributed by atoms with van der Waals surface area (Å²) in [6, 6.07) is 5.12. The first-order valence-corrected chi connectivity index (χ1v) is 6.53. The first-order valence-electron chi connectivity index (χ1n) is 5.65. The molecular formula is C13H14F2N2S. The molecule has 0 aliphatic rings. The summed E-state index contributed by atoms with van der Waals surface area (Å²) in [6.45, 7) is 2.00. The lowest BCUT2D eigenvalue weighted by Gasteiger charge is -2.18. The molecule has 3 N–H and O–H groups in total. The molecule has 1 atom stereocenters.